The Bertz CT molecular complexity index is 1210. The summed E-state index contributed by atoms with van der Waals surface area (Å²) in [6.07, 6.45) is 5.24. The predicted molar refractivity (Wildman–Crippen MR) is 97.0 cm³/mol. The Morgan fingerprint density at radius 2 is 2.08 bits per heavy atom. The molecule has 0 N–H and O–H groups in total. The molecule has 0 radical (unpaired) electrons. The van der Waals surface area contributed by atoms with Crippen LogP contribution in [0, 0.1) is 6.92 Å². The van der Waals surface area contributed by atoms with Gasteiger partial charge in [0.25, 0.3) is 0 Å². The number of pyridine rings is 2. The van der Waals surface area contributed by atoms with E-state index in [0.29, 0.717) is 5.56 Å². The Labute approximate surface area is 147 Å². The Morgan fingerprint density at radius 3 is 2.88 bits per heavy atom. The molecular formula is C21H21N2O+. The first-order valence-corrected chi connectivity index (χ1v) is 7.87. The zero-order valence-electron chi connectivity index (χ0n) is 17.9. The first-order valence-electron chi connectivity index (χ1n) is 9.87. The molecule has 0 fully saturated rings. The molecule has 4 aromatic rings. The van der Waals surface area contributed by atoms with Crippen molar-refractivity contribution in [1.82, 2.24) is 4.98 Å². The van der Waals surface area contributed by atoms with Crippen LogP contribution in [0.2, 0.25) is 0 Å². The molecule has 0 saturated carbocycles. The molecule has 1 aromatic carbocycles. The normalized spacial score (nSPS) is 17.1. The van der Waals surface area contributed by atoms with E-state index in [2.05, 4.69) is 11.1 Å². The van der Waals surface area contributed by atoms with Crippen molar-refractivity contribution >= 4 is 21.9 Å². The second-order valence-electron chi connectivity index (χ2n) is 6.18. The maximum Gasteiger partial charge on any atom is 0.212 e. The number of rotatable bonds is 2. The average Bonchev–Trinajstić information content (AvgIpc) is 2.98. The van der Waals surface area contributed by atoms with E-state index < -0.39 is 12.7 Å². The van der Waals surface area contributed by atoms with Crippen LogP contribution in [0.3, 0.4) is 0 Å². The highest BCUT2D eigenvalue weighted by atomic mass is 16.3. The smallest absolute Gasteiger partial charge is 0.212 e. The molecular weight excluding hydrogens is 296 g/mol. The van der Waals surface area contributed by atoms with Crippen LogP contribution in [-0.4, -0.2) is 4.98 Å². The molecule has 0 bridgehead atoms. The van der Waals surface area contributed by atoms with Gasteiger partial charge in [-0.25, -0.2) is 4.57 Å². The molecule has 0 aliphatic carbocycles. The summed E-state index contributed by atoms with van der Waals surface area (Å²) >= 11 is 0. The number of furan rings is 1. The Kier molecular flexibility index (Phi) is 2.49. The molecule has 0 aliphatic heterocycles. The van der Waals surface area contributed by atoms with E-state index in [1.54, 1.807) is 24.7 Å². The lowest BCUT2D eigenvalue weighted by Crippen LogP contribution is -2.31. The SMILES string of the molecule is [2H]C([2H])([2H])C([2H])(C)c1ccc(-c2cc3oc4ccncc4c3cc2C)[n+](C)c1. The number of aryl methyl sites for hydroxylation is 2. The van der Waals surface area contributed by atoms with Crippen molar-refractivity contribution in [2.45, 2.75) is 26.6 Å². The average molecular weight is 321 g/mol. The van der Waals surface area contributed by atoms with Gasteiger partial charge in [0, 0.05) is 40.3 Å². The third-order valence-corrected chi connectivity index (χ3v) is 4.46. The van der Waals surface area contributed by atoms with Gasteiger partial charge in [-0.15, -0.1) is 0 Å². The highest BCUT2D eigenvalue weighted by Gasteiger charge is 2.17. The summed E-state index contributed by atoms with van der Waals surface area (Å²) in [6.45, 7) is 1.06. The maximum absolute atomic E-state index is 8.31. The first kappa shape index (κ1) is 11.0. The minimum atomic E-state index is -2.40. The molecule has 1 unspecified atom stereocenters. The molecule has 3 heteroatoms. The molecule has 3 nitrogen and oxygen atoms in total. The molecule has 3 aromatic heterocycles. The molecule has 1 atom stereocenters. The van der Waals surface area contributed by atoms with Gasteiger partial charge in [-0.2, -0.15) is 0 Å². The zero-order chi connectivity index (χ0) is 20.3. The summed E-state index contributed by atoms with van der Waals surface area (Å²) in [5, 5.41) is 2.00. The summed E-state index contributed by atoms with van der Waals surface area (Å²) in [5.74, 6) is -1.67. The van der Waals surface area contributed by atoms with Crippen LogP contribution in [0.1, 0.15) is 36.3 Å². The summed E-state index contributed by atoms with van der Waals surface area (Å²) < 4.78 is 39.1. The van der Waals surface area contributed by atoms with Gasteiger partial charge in [0.15, 0.2) is 6.20 Å². The van der Waals surface area contributed by atoms with Crippen LogP contribution in [0.15, 0.2) is 53.3 Å². The van der Waals surface area contributed by atoms with Crippen LogP contribution in [-0.2, 0) is 7.05 Å². The van der Waals surface area contributed by atoms with Crippen LogP contribution in [0.4, 0.5) is 0 Å². The third-order valence-electron chi connectivity index (χ3n) is 4.46. The van der Waals surface area contributed by atoms with Crippen molar-refractivity contribution in [1.29, 1.82) is 0 Å². The number of aromatic nitrogens is 2. The second kappa shape index (κ2) is 5.45. The minimum Gasteiger partial charge on any atom is -0.456 e. The summed E-state index contributed by atoms with van der Waals surface area (Å²) in [4.78, 5) is 4.18. The van der Waals surface area contributed by atoms with Gasteiger partial charge < -0.3 is 4.42 Å². The molecule has 24 heavy (non-hydrogen) atoms. The highest BCUT2D eigenvalue weighted by Crippen LogP contribution is 2.33. The van der Waals surface area contributed by atoms with Gasteiger partial charge in [0.05, 0.1) is 5.56 Å². The lowest BCUT2D eigenvalue weighted by Gasteiger charge is -2.08. The van der Waals surface area contributed by atoms with Crippen LogP contribution in [0.25, 0.3) is 33.2 Å². The number of hydrogen-bond acceptors (Lipinski definition) is 2. The van der Waals surface area contributed by atoms with E-state index in [9.17, 15) is 0 Å². The fourth-order valence-electron chi connectivity index (χ4n) is 3.16. The van der Waals surface area contributed by atoms with Crippen LogP contribution < -0.4 is 4.57 Å². The standard InChI is InChI=1S/C21H21N2O/c1-13(2)15-5-6-19(23(4)12-15)16-10-21-17(9-14(16)3)18-11-22-8-7-20(18)24-21/h5-13H,1-4H3/q+1/i1D3,13D. The van der Waals surface area contributed by atoms with E-state index in [-0.39, 0.29) is 0 Å². The van der Waals surface area contributed by atoms with E-state index in [4.69, 9.17) is 9.90 Å². The Hall–Kier alpha value is -2.68. The van der Waals surface area contributed by atoms with Crippen LogP contribution >= 0.6 is 0 Å². The molecule has 0 saturated heterocycles. The summed E-state index contributed by atoms with van der Waals surface area (Å²) in [5.41, 5.74) is 5.01. The predicted octanol–water partition coefficient (Wildman–Crippen LogP) is 4.90. The van der Waals surface area contributed by atoms with Crippen molar-refractivity contribution in [2.24, 2.45) is 7.05 Å². The quantitative estimate of drug-likeness (QED) is 0.491. The molecule has 4 rings (SSSR count). The van der Waals surface area contributed by atoms with Gasteiger partial charge in [-0.1, -0.05) is 13.8 Å². The van der Waals surface area contributed by atoms with Crippen molar-refractivity contribution < 1.29 is 14.5 Å². The van der Waals surface area contributed by atoms with E-state index in [1.807, 2.05) is 36.7 Å². The second-order valence-corrected chi connectivity index (χ2v) is 6.18. The third kappa shape index (κ3) is 2.28. The van der Waals surface area contributed by atoms with E-state index in [0.717, 1.165) is 38.8 Å². The number of benzene rings is 1. The molecule has 0 spiro atoms. The van der Waals surface area contributed by atoms with E-state index >= 15 is 0 Å². The van der Waals surface area contributed by atoms with Crippen molar-refractivity contribution in [3.63, 3.8) is 0 Å². The van der Waals surface area contributed by atoms with Crippen molar-refractivity contribution in [2.75, 3.05) is 0 Å². The Balaban J connectivity index is 1.86. The minimum absolute atomic E-state index is 0.451. The number of nitrogens with zero attached hydrogens (tertiary/aromatic N) is 2. The fraction of sp³-hybridized carbons (Fsp3) is 0.238. The van der Waals surface area contributed by atoms with E-state index in [1.165, 1.54) is 6.92 Å². The van der Waals surface area contributed by atoms with Gasteiger partial charge in [0.2, 0.25) is 5.69 Å². The Morgan fingerprint density at radius 1 is 1.21 bits per heavy atom. The lowest BCUT2D eigenvalue weighted by molar-refractivity contribution is -0.660. The first-order chi connectivity index (χ1) is 13.1. The lowest BCUT2D eigenvalue weighted by atomic mass is 9.99. The van der Waals surface area contributed by atoms with Crippen LogP contribution in [0.5, 0.6) is 0 Å². The largest absolute Gasteiger partial charge is 0.456 e. The number of fused-ring (bicyclic) bond motifs is 3. The van der Waals surface area contributed by atoms with Gasteiger partial charge in [-0.3, -0.25) is 4.98 Å². The fourth-order valence-corrected chi connectivity index (χ4v) is 3.16. The molecule has 0 amide bonds. The topological polar surface area (TPSA) is 29.9 Å². The maximum atomic E-state index is 8.31. The zero-order valence-corrected chi connectivity index (χ0v) is 13.9. The van der Waals surface area contributed by atoms with Crippen molar-refractivity contribution in [3.8, 4) is 11.3 Å². The highest BCUT2D eigenvalue weighted by molar-refractivity contribution is 6.05. The van der Waals surface area contributed by atoms with Gasteiger partial charge in [0.1, 0.15) is 18.2 Å². The monoisotopic (exact) mass is 321 g/mol. The molecule has 3 heterocycles. The van der Waals surface area contributed by atoms with Gasteiger partial charge in [-0.05, 0) is 42.6 Å². The molecule has 120 valence electrons. The number of hydrogen-bond donors (Lipinski definition) is 0. The molecule has 0 aliphatic rings. The van der Waals surface area contributed by atoms with Crippen molar-refractivity contribution in [3.05, 3.63) is 60.0 Å². The summed E-state index contributed by atoms with van der Waals surface area (Å²) in [7, 11) is 1.86. The summed E-state index contributed by atoms with van der Waals surface area (Å²) in [6, 6.07) is 9.53. The van der Waals surface area contributed by atoms with Gasteiger partial charge >= 0.3 is 0 Å².